The molecule has 2 aromatic carbocycles. The monoisotopic (exact) mass is 498 g/mol. The SMILES string of the molecule is CC(C)(C)c1ccc(OCC(=O)NN=Cc2cc(Br)c(O)c(Br)c2O)cc1. The Labute approximate surface area is 174 Å². The molecule has 0 unspecified atom stereocenters. The minimum absolute atomic E-state index is 0.0500. The Hall–Kier alpha value is -2.06. The Morgan fingerprint density at radius 3 is 2.41 bits per heavy atom. The number of nitrogens with one attached hydrogen (secondary N) is 1. The van der Waals surface area contributed by atoms with Gasteiger partial charge in [0.2, 0.25) is 0 Å². The van der Waals surface area contributed by atoms with Gasteiger partial charge in [-0.3, -0.25) is 4.79 Å². The number of halogens is 2. The number of nitrogens with zero attached hydrogens (tertiary/aromatic N) is 1. The topological polar surface area (TPSA) is 91.2 Å². The number of hydrogen-bond donors (Lipinski definition) is 3. The maximum absolute atomic E-state index is 11.8. The van der Waals surface area contributed by atoms with E-state index in [1.54, 1.807) is 0 Å². The van der Waals surface area contributed by atoms with Crippen LogP contribution >= 0.6 is 31.9 Å². The number of phenols is 2. The van der Waals surface area contributed by atoms with Crippen molar-refractivity contribution in [3.8, 4) is 17.2 Å². The van der Waals surface area contributed by atoms with Gasteiger partial charge in [-0.1, -0.05) is 32.9 Å². The third-order valence-electron chi connectivity index (χ3n) is 3.68. The van der Waals surface area contributed by atoms with E-state index in [0.717, 1.165) is 0 Å². The molecular formula is C19H20Br2N2O4. The Morgan fingerprint density at radius 1 is 1.19 bits per heavy atom. The molecule has 2 aromatic rings. The quantitative estimate of drug-likeness (QED) is 0.418. The molecule has 0 aliphatic heterocycles. The molecule has 3 N–H and O–H groups in total. The van der Waals surface area contributed by atoms with Crippen LogP contribution in [0.2, 0.25) is 0 Å². The van der Waals surface area contributed by atoms with Crippen LogP contribution in [0.3, 0.4) is 0 Å². The van der Waals surface area contributed by atoms with Gasteiger partial charge in [-0.25, -0.2) is 5.43 Å². The number of carbonyl (C=O) groups is 1. The third kappa shape index (κ3) is 5.71. The van der Waals surface area contributed by atoms with Gasteiger partial charge in [0.15, 0.2) is 6.61 Å². The van der Waals surface area contributed by atoms with Crippen molar-refractivity contribution in [2.75, 3.05) is 6.61 Å². The molecule has 0 heterocycles. The van der Waals surface area contributed by atoms with E-state index in [1.807, 2.05) is 24.3 Å². The number of benzene rings is 2. The van der Waals surface area contributed by atoms with E-state index in [4.69, 9.17) is 4.74 Å². The van der Waals surface area contributed by atoms with Crippen LogP contribution in [0, 0.1) is 0 Å². The Balaban J connectivity index is 1.91. The summed E-state index contributed by atoms with van der Waals surface area (Å²) >= 11 is 6.23. The van der Waals surface area contributed by atoms with Gasteiger partial charge in [-0.15, -0.1) is 0 Å². The first-order valence-corrected chi connectivity index (χ1v) is 9.63. The van der Waals surface area contributed by atoms with Crippen molar-refractivity contribution in [2.45, 2.75) is 26.2 Å². The fourth-order valence-corrected chi connectivity index (χ4v) is 3.27. The van der Waals surface area contributed by atoms with Crippen LogP contribution in [-0.4, -0.2) is 28.9 Å². The third-order valence-corrected chi connectivity index (χ3v) is 5.04. The van der Waals surface area contributed by atoms with Crippen LogP contribution in [-0.2, 0) is 10.2 Å². The summed E-state index contributed by atoms with van der Waals surface area (Å²) in [5.74, 6) is -0.169. The van der Waals surface area contributed by atoms with Crippen LogP contribution in [0.4, 0.5) is 0 Å². The van der Waals surface area contributed by atoms with E-state index in [0.29, 0.717) is 15.8 Å². The molecule has 2 rings (SSSR count). The molecule has 8 heteroatoms. The summed E-state index contributed by atoms with van der Waals surface area (Å²) in [6.45, 7) is 6.17. The van der Waals surface area contributed by atoms with E-state index >= 15 is 0 Å². The second kappa shape index (κ2) is 8.75. The molecule has 1 amide bonds. The van der Waals surface area contributed by atoms with E-state index in [1.165, 1.54) is 17.8 Å². The molecule has 0 aliphatic carbocycles. The summed E-state index contributed by atoms with van der Waals surface area (Å²) in [5, 5.41) is 23.4. The molecule has 144 valence electrons. The lowest BCUT2D eigenvalue weighted by atomic mass is 9.87. The lowest BCUT2D eigenvalue weighted by molar-refractivity contribution is -0.123. The zero-order chi connectivity index (χ0) is 20.2. The largest absolute Gasteiger partial charge is 0.506 e. The molecule has 0 aliphatic rings. The van der Waals surface area contributed by atoms with Gasteiger partial charge in [0.25, 0.3) is 5.91 Å². The molecule has 0 aromatic heterocycles. The van der Waals surface area contributed by atoms with Crippen molar-refractivity contribution in [2.24, 2.45) is 5.10 Å². The van der Waals surface area contributed by atoms with Crippen LogP contribution in [0.1, 0.15) is 31.9 Å². The minimum Gasteiger partial charge on any atom is -0.506 e. The molecule has 0 saturated heterocycles. The number of aromatic hydroxyl groups is 2. The smallest absolute Gasteiger partial charge is 0.277 e. The zero-order valence-corrected chi connectivity index (χ0v) is 18.3. The number of rotatable bonds is 5. The van der Waals surface area contributed by atoms with Crippen molar-refractivity contribution in [1.82, 2.24) is 5.43 Å². The highest BCUT2D eigenvalue weighted by Gasteiger charge is 2.14. The molecular weight excluding hydrogens is 480 g/mol. The lowest BCUT2D eigenvalue weighted by Crippen LogP contribution is -2.24. The van der Waals surface area contributed by atoms with Crippen molar-refractivity contribution < 1.29 is 19.7 Å². The predicted molar refractivity (Wildman–Crippen MR) is 112 cm³/mol. The summed E-state index contributed by atoms with van der Waals surface area (Å²) in [6.07, 6.45) is 1.26. The average molecular weight is 500 g/mol. The summed E-state index contributed by atoms with van der Waals surface area (Å²) in [7, 11) is 0. The first-order chi connectivity index (χ1) is 12.6. The predicted octanol–water partition coefficient (Wildman–Crippen LogP) is 4.45. The minimum atomic E-state index is -0.442. The van der Waals surface area contributed by atoms with Crippen LogP contribution < -0.4 is 10.2 Å². The molecule has 0 saturated carbocycles. The fraction of sp³-hybridized carbons (Fsp3) is 0.263. The summed E-state index contributed by atoms with van der Waals surface area (Å²) in [4.78, 5) is 11.8. The number of hydrazone groups is 1. The van der Waals surface area contributed by atoms with E-state index in [-0.39, 0.29) is 28.0 Å². The number of ether oxygens (including phenoxy) is 1. The normalized spacial score (nSPS) is 11.6. The van der Waals surface area contributed by atoms with Gasteiger partial charge in [-0.2, -0.15) is 5.10 Å². The van der Waals surface area contributed by atoms with Crippen molar-refractivity contribution in [3.05, 3.63) is 50.4 Å². The van der Waals surface area contributed by atoms with Crippen LogP contribution in [0.25, 0.3) is 0 Å². The van der Waals surface area contributed by atoms with Crippen molar-refractivity contribution >= 4 is 44.0 Å². The van der Waals surface area contributed by atoms with E-state index in [9.17, 15) is 15.0 Å². The molecule has 0 bridgehead atoms. The maximum Gasteiger partial charge on any atom is 0.277 e. The fourth-order valence-electron chi connectivity index (χ4n) is 2.12. The number of phenolic OH excluding ortho intramolecular Hbond substituents is 2. The number of amides is 1. The second-order valence-corrected chi connectivity index (χ2v) is 8.46. The van der Waals surface area contributed by atoms with Crippen LogP contribution in [0.5, 0.6) is 17.2 Å². The molecule has 27 heavy (non-hydrogen) atoms. The number of hydrogen-bond acceptors (Lipinski definition) is 5. The van der Waals surface area contributed by atoms with Gasteiger partial charge in [0.1, 0.15) is 21.7 Å². The summed E-state index contributed by atoms with van der Waals surface area (Å²) < 4.78 is 5.94. The maximum atomic E-state index is 11.8. The van der Waals surface area contributed by atoms with Crippen molar-refractivity contribution in [1.29, 1.82) is 0 Å². The van der Waals surface area contributed by atoms with Gasteiger partial charge in [0.05, 0.1) is 10.7 Å². The number of carbonyl (C=O) groups excluding carboxylic acids is 1. The Morgan fingerprint density at radius 2 is 1.81 bits per heavy atom. The van der Waals surface area contributed by atoms with Gasteiger partial charge in [-0.05, 0) is 61.0 Å². The van der Waals surface area contributed by atoms with Gasteiger partial charge >= 0.3 is 0 Å². The highest BCUT2D eigenvalue weighted by atomic mass is 79.9. The zero-order valence-electron chi connectivity index (χ0n) is 15.1. The molecule has 0 spiro atoms. The van der Waals surface area contributed by atoms with E-state index < -0.39 is 5.91 Å². The molecule has 0 fully saturated rings. The van der Waals surface area contributed by atoms with Gasteiger partial charge < -0.3 is 14.9 Å². The van der Waals surface area contributed by atoms with Crippen molar-refractivity contribution in [3.63, 3.8) is 0 Å². The molecule has 0 atom stereocenters. The average Bonchev–Trinajstić information content (AvgIpc) is 2.62. The first-order valence-electron chi connectivity index (χ1n) is 8.04. The molecule has 6 nitrogen and oxygen atoms in total. The van der Waals surface area contributed by atoms with Crippen LogP contribution in [0.15, 0.2) is 44.4 Å². The van der Waals surface area contributed by atoms with Gasteiger partial charge in [0, 0.05) is 5.56 Å². The highest BCUT2D eigenvalue weighted by Crippen LogP contribution is 2.40. The highest BCUT2D eigenvalue weighted by molar-refractivity contribution is 9.11. The summed E-state index contributed by atoms with van der Waals surface area (Å²) in [6, 6.07) is 9.04. The lowest BCUT2D eigenvalue weighted by Gasteiger charge is -2.19. The summed E-state index contributed by atoms with van der Waals surface area (Å²) in [5.41, 5.74) is 3.86. The molecule has 0 radical (unpaired) electrons. The Bertz CT molecular complexity index is 859. The first kappa shape index (κ1) is 21.2. The Kier molecular flexibility index (Phi) is 6.89. The van der Waals surface area contributed by atoms with E-state index in [2.05, 4.69) is 63.2 Å². The standard InChI is InChI=1S/C19H20Br2N2O4/c1-19(2,3)12-4-6-13(7-5-12)27-10-15(24)23-22-9-11-8-14(20)18(26)16(21)17(11)25/h4-9,25-26H,10H2,1-3H3,(H,23,24). The second-order valence-electron chi connectivity index (χ2n) is 6.82.